The molecule has 2 heterocycles. The van der Waals surface area contributed by atoms with Crippen molar-refractivity contribution in [1.29, 1.82) is 0 Å². The number of guanidine groups is 1. The number of halogens is 1. The third-order valence-corrected chi connectivity index (χ3v) is 6.18. The molecule has 2 fully saturated rings. The molecule has 0 saturated carbocycles. The first kappa shape index (κ1) is 25.3. The summed E-state index contributed by atoms with van der Waals surface area (Å²) >= 11 is 0. The van der Waals surface area contributed by atoms with E-state index >= 15 is 0 Å². The molecule has 33 heavy (non-hydrogen) atoms. The number of carbonyl (C=O) groups is 1. The number of benzene rings is 2. The topological polar surface area (TPSA) is 60.0 Å². The summed E-state index contributed by atoms with van der Waals surface area (Å²) in [7, 11) is 0. The summed E-state index contributed by atoms with van der Waals surface area (Å²) in [6.45, 7) is 7.20. The van der Waals surface area contributed by atoms with E-state index in [2.05, 4.69) is 77.1 Å². The molecule has 2 aromatic carbocycles. The zero-order valence-corrected chi connectivity index (χ0v) is 21.8. The van der Waals surface area contributed by atoms with Crippen LogP contribution in [0.2, 0.25) is 0 Å². The zero-order valence-electron chi connectivity index (χ0n) is 19.5. The van der Waals surface area contributed by atoms with Gasteiger partial charge >= 0.3 is 0 Å². The van der Waals surface area contributed by atoms with Crippen LogP contribution in [-0.4, -0.2) is 49.0 Å². The van der Waals surface area contributed by atoms with Gasteiger partial charge < -0.3 is 20.4 Å². The SMILES string of the molecule is CCNC(=NCc1cccc(CN2CCCC2=O)c1)NC1CCCN(c2ccccc2)C1.I. The van der Waals surface area contributed by atoms with Crippen LogP contribution in [0, 0.1) is 0 Å². The van der Waals surface area contributed by atoms with Crippen LogP contribution in [-0.2, 0) is 17.9 Å². The van der Waals surface area contributed by atoms with E-state index in [-0.39, 0.29) is 29.9 Å². The van der Waals surface area contributed by atoms with E-state index in [0.29, 0.717) is 25.6 Å². The maximum Gasteiger partial charge on any atom is 0.222 e. The van der Waals surface area contributed by atoms with Crippen molar-refractivity contribution in [3.63, 3.8) is 0 Å². The van der Waals surface area contributed by atoms with Crippen LogP contribution < -0.4 is 15.5 Å². The maximum atomic E-state index is 11.9. The van der Waals surface area contributed by atoms with E-state index in [1.54, 1.807) is 0 Å². The Bertz CT molecular complexity index is 920. The molecular weight excluding hydrogens is 525 g/mol. The monoisotopic (exact) mass is 561 g/mol. The Hall–Kier alpha value is -2.29. The van der Waals surface area contributed by atoms with Crippen LogP contribution >= 0.6 is 24.0 Å². The van der Waals surface area contributed by atoms with Crippen molar-refractivity contribution < 1.29 is 4.79 Å². The fourth-order valence-corrected chi connectivity index (χ4v) is 4.57. The van der Waals surface area contributed by atoms with E-state index < -0.39 is 0 Å². The van der Waals surface area contributed by atoms with Crippen molar-refractivity contribution in [3.05, 3.63) is 65.7 Å². The number of para-hydroxylation sites is 1. The quantitative estimate of drug-likeness (QED) is 0.303. The molecule has 0 aromatic heterocycles. The number of amides is 1. The van der Waals surface area contributed by atoms with Gasteiger partial charge in [0.05, 0.1) is 6.54 Å². The summed E-state index contributed by atoms with van der Waals surface area (Å²) in [5.41, 5.74) is 3.63. The van der Waals surface area contributed by atoms with Gasteiger partial charge in [0.2, 0.25) is 5.91 Å². The lowest BCUT2D eigenvalue weighted by Gasteiger charge is -2.35. The van der Waals surface area contributed by atoms with Gasteiger partial charge in [-0.25, -0.2) is 4.99 Å². The highest BCUT2D eigenvalue weighted by molar-refractivity contribution is 14.0. The van der Waals surface area contributed by atoms with Crippen molar-refractivity contribution >= 4 is 41.5 Å². The van der Waals surface area contributed by atoms with E-state index in [9.17, 15) is 4.79 Å². The predicted octanol–water partition coefficient (Wildman–Crippen LogP) is 4.15. The lowest BCUT2D eigenvalue weighted by atomic mass is 10.0. The van der Waals surface area contributed by atoms with Crippen molar-refractivity contribution in [2.24, 2.45) is 4.99 Å². The van der Waals surface area contributed by atoms with Gasteiger partial charge in [0, 0.05) is 50.9 Å². The summed E-state index contributed by atoms with van der Waals surface area (Å²) in [5, 5.41) is 7.05. The number of hydrogen-bond acceptors (Lipinski definition) is 3. The Balaban J connectivity index is 0.00000306. The molecule has 2 N–H and O–H groups in total. The van der Waals surface area contributed by atoms with Gasteiger partial charge in [0.15, 0.2) is 5.96 Å². The van der Waals surface area contributed by atoms with Gasteiger partial charge in [-0.1, -0.05) is 42.5 Å². The second-order valence-electron chi connectivity index (χ2n) is 8.70. The minimum absolute atomic E-state index is 0. The molecule has 2 saturated heterocycles. The summed E-state index contributed by atoms with van der Waals surface area (Å²) in [5.74, 6) is 1.14. The fraction of sp³-hybridized carbons (Fsp3) is 0.462. The highest BCUT2D eigenvalue weighted by Crippen LogP contribution is 2.19. The molecule has 6 nitrogen and oxygen atoms in total. The minimum Gasteiger partial charge on any atom is -0.369 e. The first-order valence-corrected chi connectivity index (χ1v) is 11.9. The molecule has 178 valence electrons. The number of likely N-dealkylation sites (tertiary alicyclic amines) is 1. The number of hydrogen-bond donors (Lipinski definition) is 2. The molecule has 2 aliphatic heterocycles. The molecule has 0 radical (unpaired) electrons. The van der Waals surface area contributed by atoms with E-state index in [0.717, 1.165) is 45.0 Å². The highest BCUT2D eigenvalue weighted by atomic mass is 127. The normalized spacial score (nSPS) is 18.8. The second-order valence-corrected chi connectivity index (χ2v) is 8.70. The van der Waals surface area contributed by atoms with Gasteiger partial charge in [0.25, 0.3) is 0 Å². The Kier molecular flexibility index (Phi) is 9.84. The van der Waals surface area contributed by atoms with Crippen LogP contribution in [0.1, 0.15) is 43.7 Å². The zero-order chi connectivity index (χ0) is 22.2. The van der Waals surface area contributed by atoms with Gasteiger partial charge in [-0.3, -0.25) is 4.79 Å². The summed E-state index contributed by atoms with van der Waals surface area (Å²) in [6, 6.07) is 19.5. The number of rotatable bonds is 7. The molecule has 1 unspecified atom stereocenters. The van der Waals surface area contributed by atoms with Crippen molar-refractivity contribution in [1.82, 2.24) is 15.5 Å². The minimum atomic E-state index is 0. The summed E-state index contributed by atoms with van der Waals surface area (Å²) in [6.07, 6.45) is 3.98. The molecule has 4 rings (SSSR count). The lowest BCUT2D eigenvalue weighted by molar-refractivity contribution is -0.128. The molecular formula is C26H36IN5O. The van der Waals surface area contributed by atoms with Gasteiger partial charge in [-0.15, -0.1) is 24.0 Å². The van der Waals surface area contributed by atoms with Gasteiger partial charge in [-0.05, 0) is 49.4 Å². The Morgan fingerprint density at radius 1 is 1.06 bits per heavy atom. The van der Waals surface area contributed by atoms with E-state index in [1.165, 1.54) is 23.2 Å². The number of piperidine rings is 1. The maximum absolute atomic E-state index is 11.9. The molecule has 0 bridgehead atoms. The van der Waals surface area contributed by atoms with Crippen LogP contribution in [0.4, 0.5) is 5.69 Å². The average Bonchev–Trinajstić information content (AvgIpc) is 3.23. The Morgan fingerprint density at radius 2 is 1.88 bits per heavy atom. The third-order valence-electron chi connectivity index (χ3n) is 6.18. The molecule has 7 heteroatoms. The van der Waals surface area contributed by atoms with Gasteiger partial charge in [0.1, 0.15) is 0 Å². The van der Waals surface area contributed by atoms with Crippen LogP contribution in [0.3, 0.4) is 0 Å². The molecule has 2 aliphatic rings. The molecule has 0 spiro atoms. The first-order chi connectivity index (χ1) is 15.7. The lowest BCUT2D eigenvalue weighted by Crippen LogP contribution is -2.51. The number of aliphatic imine (C=N–C) groups is 1. The Labute approximate surface area is 214 Å². The second kappa shape index (κ2) is 12.8. The number of anilines is 1. The predicted molar refractivity (Wildman–Crippen MR) is 146 cm³/mol. The number of nitrogens with zero attached hydrogens (tertiary/aromatic N) is 3. The highest BCUT2D eigenvalue weighted by Gasteiger charge is 2.21. The number of nitrogens with one attached hydrogen (secondary N) is 2. The summed E-state index contributed by atoms with van der Waals surface area (Å²) in [4.78, 5) is 21.2. The molecule has 1 atom stereocenters. The third kappa shape index (κ3) is 7.35. The standard InChI is InChI=1S/C26H35N5O.HI/c1-2-27-26(29-23-11-7-15-30(20-23)24-12-4-3-5-13-24)28-18-21-9-6-10-22(17-21)19-31-16-8-14-25(31)32;/h3-6,9-10,12-13,17,23H,2,7-8,11,14-16,18-20H2,1H3,(H2,27,28,29);1H. The summed E-state index contributed by atoms with van der Waals surface area (Å²) < 4.78 is 0. The van der Waals surface area contributed by atoms with E-state index in [4.69, 9.17) is 4.99 Å². The van der Waals surface area contributed by atoms with E-state index in [1.807, 2.05) is 4.90 Å². The van der Waals surface area contributed by atoms with Crippen molar-refractivity contribution in [2.45, 2.75) is 51.7 Å². The molecule has 0 aliphatic carbocycles. The molecule has 1 amide bonds. The largest absolute Gasteiger partial charge is 0.369 e. The van der Waals surface area contributed by atoms with Gasteiger partial charge in [-0.2, -0.15) is 0 Å². The molecule has 2 aromatic rings. The Morgan fingerprint density at radius 3 is 2.64 bits per heavy atom. The smallest absolute Gasteiger partial charge is 0.222 e. The first-order valence-electron chi connectivity index (χ1n) is 11.9. The van der Waals surface area contributed by atoms with Crippen LogP contribution in [0.5, 0.6) is 0 Å². The van der Waals surface area contributed by atoms with Crippen molar-refractivity contribution in [3.8, 4) is 0 Å². The van der Waals surface area contributed by atoms with Crippen molar-refractivity contribution in [2.75, 3.05) is 31.1 Å². The number of carbonyl (C=O) groups excluding carboxylic acids is 1. The fourth-order valence-electron chi connectivity index (χ4n) is 4.57. The van der Waals surface area contributed by atoms with Crippen LogP contribution in [0.25, 0.3) is 0 Å². The van der Waals surface area contributed by atoms with Crippen LogP contribution in [0.15, 0.2) is 59.6 Å². The average molecular weight is 562 g/mol.